The fourth-order valence-electron chi connectivity index (χ4n) is 2.83. The Morgan fingerprint density at radius 2 is 2.14 bits per heavy atom. The largest absolute Gasteiger partial charge is 0.314 e. The zero-order valence-corrected chi connectivity index (χ0v) is 13.1. The lowest BCUT2D eigenvalue weighted by Gasteiger charge is -2.35. The number of nitrogens with one attached hydrogen (secondary N) is 1. The molecule has 0 aromatic heterocycles. The predicted octanol–water partition coefficient (Wildman–Crippen LogP) is 3.38. The first-order chi connectivity index (χ1) is 10.1. The van der Waals surface area contributed by atoms with Crippen molar-refractivity contribution in [2.75, 3.05) is 26.2 Å². The molecule has 1 atom stereocenters. The van der Waals surface area contributed by atoms with Gasteiger partial charge in [-0.2, -0.15) is 0 Å². The first kappa shape index (κ1) is 16.2. The van der Waals surface area contributed by atoms with Crippen LogP contribution in [0.1, 0.15) is 37.8 Å². The molecule has 1 aliphatic rings. The van der Waals surface area contributed by atoms with Crippen LogP contribution in [-0.2, 0) is 0 Å². The van der Waals surface area contributed by atoms with E-state index in [0.717, 1.165) is 51.0 Å². The number of hydrogen-bond acceptors (Lipinski definition) is 4. The van der Waals surface area contributed by atoms with Gasteiger partial charge in [0.1, 0.15) is 5.02 Å². The van der Waals surface area contributed by atoms with E-state index in [0.29, 0.717) is 0 Å². The molecule has 1 aromatic carbocycles. The molecule has 5 nitrogen and oxygen atoms in total. The molecule has 1 aliphatic heterocycles. The quantitative estimate of drug-likeness (QED) is 0.646. The predicted molar refractivity (Wildman–Crippen MR) is 84.8 cm³/mol. The first-order valence-corrected chi connectivity index (χ1v) is 7.90. The van der Waals surface area contributed by atoms with Crippen molar-refractivity contribution in [1.82, 2.24) is 10.2 Å². The molecule has 116 valence electrons. The molecule has 1 fully saturated rings. The Morgan fingerprint density at radius 1 is 1.43 bits per heavy atom. The molecule has 6 heteroatoms. The highest BCUT2D eigenvalue weighted by Gasteiger charge is 2.24. The first-order valence-electron chi connectivity index (χ1n) is 7.52. The molecule has 1 N–H and O–H groups in total. The fourth-order valence-corrected chi connectivity index (χ4v) is 3.01. The van der Waals surface area contributed by atoms with Crippen molar-refractivity contribution in [2.24, 2.45) is 0 Å². The van der Waals surface area contributed by atoms with E-state index in [1.807, 2.05) is 6.07 Å². The topological polar surface area (TPSA) is 58.4 Å². The highest BCUT2D eigenvalue weighted by molar-refractivity contribution is 6.32. The van der Waals surface area contributed by atoms with Crippen LogP contribution in [0.4, 0.5) is 5.69 Å². The second-order valence-electron chi connectivity index (χ2n) is 5.41. The van der Waals surface area contributed by atoms with Crippen molar-refractivity contribution in [2.45, 2.75) is 32.2 Å². The zero-order valence-electron chi connectivity index (χ0n) is 12.3. The summed E-state index contributed by atoms with van der Waals surface area (Å²) in [6, 6.07) is 5.46. The second-order valence-corrected chi connectivity index (χ2v) is 5.82. The van der Waals surface area contributed by atoms with Crippen molar-refractivity contribution in [3.8, 4) is 0 Å². The van der Waals surface area contributed by atoms with Crippen LogP contribution < -0.4 is 5.32 Å². The molecular formula is C15H22ClN3O2. The molecular weight excluding hydrogens is 290 g/mol. The molecule has 0 unspecified atom stereocenters. The second kappa shape index (κ2) is 7.73. The summed E-state index contributed by atoms with van der Waals surface area (Å²) in [7, 11) is 0. The molecule has 1 aromatic rings. The molecule has 1 heterocycles. The van der Waals surface area contributed by atoms with E-state index in [1.54, 1.807) is 12.1 Å². The van der Waals surface area contributed by atoms with Crippen LogP contribution in [0, 0.1) is 10.1 Å². The summed E-state index contributed by atoms with van der Waals surface area (Å²) in [5.74, 6) is 0. The molecule has 0 bridgehead atoms. The van der Waals surface area contributed by atoms with Gasteiger partial charge in [0.2, 0.25) is 0 Å². The minimum atomic E-state index is -0.402. The number of halogens is 1. The van der Waals surface area contributed by atoms with Gasteiger partial charge < -0.3 is 5.32 Å². The van der Waals surface area contributed by atoms with Crippen LogP contribution >= 0.6 is 11.6 Å². The number of nitro benzene ring substituents is 1. The maximum Gasteiger partial charge on any atom is 0.288 e. The SMILES string of the molecule is CCCC[C@@H](c1ccc(Cl)c([N+](=O)[O-])c1)N1CCNCC1. The van der Waals surface area contributed by atoms with Crippen LogP contribution in [0.25, 0.3) is 0 Å². The normalized spacial score (nSPS) is 17.6. The van der Waals surface area contributed by atoms with Crippen molar-refractivity contribution in [3.63, 3.8) is 0 Å². The van der Waals surface area contributed by atoms with Gasteiger partial charge in [0.15, 0.2) is 0 Å². The highest BCUT2D eigenvalue weighted by Crippen LogP contribution is 2.32. The Bertz CT molecular complexity index is 490. The van der Waals surface area contributed by atoms with Gasteiger partial charge in [0.05, 0.1) is 4.92 Å². The number of piperazine rings is 1. The monoisotopic (exact) mass is 311 g/mol. The lowest BCUT2D eigenvalue weighted by atomic mass is 9.98. The summed E-state index contributed by atoms with van der Waals surface area (Å²) in [4.78, 5) is 13.1. The maximum atomic E-state index is 11.1. The molecule has 0 amide bonds. The van der Waals surface area contributed by atoms with Crippen LogP contribution in [0.2, 0.25) is 5.02 Å². The third-order valence-corrected chi connectivity index (χ3v) is 4.29. The van der Waals surface area contributed by atoms with Crippen molar-refractivity contribution in [3.05, 3.63) is 38.9 Å². The molecule has 0 spiro atoms. The van der Waals surface area contributed by atoms with Gasteiger partial charge in [-0.1, -0.05) is 37.4 Å². The Balaban J connectivity index is 2.26. The molecule has 1 saturated heterocycles. The standard InChI is InChI=1S/C15H22ClN3O2/c1-2-3-4-14(18-9-7-17-8-10-18)12-5-6-13(16)15(11-12)19(20)21/h5-6,11,14,17H,2-4,7-10H2,1H3/t14-/m0/s1. The summed E-state index contributed by atoms with van der Waals surface area (Å²) in [5.41, 5.74) is 1.01. The lowest BCUT2D eigenvalue weighted by Crippen LogP contribution is -2.45. The zero-order chi connectivity index (χ0) is 15.2. The van der Waals surface area contributed by atoms with Gasteiger partial charge in [0.25, 0.3) is 5.69 Å². The molecule has 0 radical (unpaired) electrons. The van der Waals surface area contributed by atoms with E-state index < -0.39 is 4.92 Å². The van der Waals surface area contributed by atoms with Crippen molar-refractivity contribution in [1.29, 1.82) is 0 Å². The summed E-state index contributed by atoms with van der Waals surface area (Å²) >= 11 is 5.92. The molecule has 0 aliphatic carbocycles. The highest BCUT2D eigenvalue weighted by atomic mass is 35.5. The minimum Gasteiger partial charge on any atom is -0.314 e. The average Bonchev–Trinajstić information content (AvgIpc) is 2.50. The van der Waals surface area contributed by atoms with E-state index in [9.17, 15) is 10.1 Å². The van der Waals surface area contributed by atoms with Gasteiger partial charge in [-0.15, -0.1) is 0 Å². The van der Waals surface area contributed by atoms with Gasteiger partial charge >= 0.3 is 0 Å². The number of nitro groups is 1. The number of unbranched alkanes of at least 4 members (excludes halogenated alkanes) is 1. The van der Waals surface area contributed by atoms with Crippen molar-refractivity contribution >= 4 is 17.3 Å². The Hall–Kier alpha value is -1.17. The van der Waals surface area contributed by atoms with Gasteiger partial charge in [-0.05, 0) is 18.1 Å². The fraction of sp³-hybridized carbons (Fsp3) is 0.600. The van der Waals surface area contributed by atoms with E-state index in [-0.39, 0.29) is 16.8 Å². The number of hydrogen-bond donors (Lipinski definition) is 1. The number of nitrogens with zero attached hydrogens (tertiary/aromatic N) is 2. The summed E-state index contributed by atoms with van der Waals surface area (Å²) in [6.45, 7) is 6.06. The van der Waals surface area contributed by atoms with E-state index >= 15 is 0 Å². The minimum absolute atomic E-state index is 0.00537. The Kier molecular flexibility index (Phi) is 5.96. The summed E-state index contributed by atoms with van der Waals surface area (Å²) in [6.07, 6.45) is 3.26. The van der Waals surface area contributed by atoms with Crippen LogP contribution in [0.3, 0.4) is 0 Å². The van der Waals surface area contributed by atoms with E-state index in [2.05, 4.69) is 17.1 Å². The molecule has 21 heavy (non-hydrogen) atoms. The third-order valence-electron chi connectivity index (χ3n) is 3.98. The third kappa shape index (κ3) is 4.15. The maximum absolute atomic E-state index is 11.1. The van der Waals surface area contributed by atoms with Gasteiger partial charge in [0, 0.05) is 38.3 Å². The summed E-state index contributed by atoms with van der Waals surface area (Å²) < 4.78 is 0. The summed E-state index contributed by atoms with van der Waals surface area (Å²) in [5, 5.41) is 14.6. The lowest BCUT2D eigenvalue weighted by molar-refractivity contribution is -0.384. The Labute approximate surface area is 130 Å². The number of rotatable bonds is 6. The molecule has 0 saturated carbocycles. The van der Waals surface area contributed by atoms with E-state index in [1.165, 1.54) is 0 Å². The number of benzene rings is 1. The van der Waals surface area contributed by atoms with Crippen molar-refractivity contribution < 1.29 is 4.92 Å². The van der Waals surface area contributed by atoms with Crippen LogP contribution in [-0.4, -0.2) is 36.0 Å². The van der Waals surface area contributed by atoms with Crippen LogP contribution in [0.15, 0.2) is 18.2 Å². The van der Waals surface area contributed by atoms with Gasteiger partial charge in [-0.3, -0.25) is 15.0 Å². The average molecular weight is 312 g/mol. The smallest absolute Gasteiger partial charge is 0.288 e. The van der Waals surface area contributed by atoms with E-state index in [4.69, 9.17) is 11.6 Å². The Morgan fingerprint density at radius 3 is 2.76 bits per heavy atom. The van der Waals surface area contributed by atoms with Gasteiger partial charge in [-0.25, -0.2) is 0 Å². The van der Waals surface area contributed by atoms with Crippen LogP contribution in [0.5, 0.6) is 0 Å². The molecule has 2 rings (SSSR count).